The maximum absolute atomic E-state index is 14.5. The van der Waals surface area contributed by atoms with Crippen LogP contribution in [-0.2, 0) is 23.6 Å². The van der Waals surface area contributed by atoms with Crippen molar-refractivity contribution in [1.29, 1.82) is 0 Å². The maximum Gasteiger partial charge on any atom is 0.268 e. The van der Waals surface area contributed by atoms with E-state index in [1.54, 1.807) is 38.4 Å². The van der Waals surface area contributed by atoms with Crippen molar-refractivity contribution in [1.82, 2.24) is 19.2 Å². The number of amides is 1. The van der Waals surface area contributed by atoms with Crippen LogP contribution in [0.25, 0.3) is 10.9 Å². The number of rotatable bonds is 5. The summed E-state index contributed by atoms with van der Waals surface area (Å²) in [4.78, 5) is 17.2. The van der Waals surface area contributed by atoms with Crippen LogP contribution in [0.4, 0.5) is 4.39 Å². The van der Waals surface area contributed by atoms with Gasteiger partial charge in [0, 0.05) is 49.5 Å². The first-order chi connectivity index (χ1) is 15.6. The van der Waals surface area contributed by atoms with Crippen LogP contribution in [0.15, 0.2) is 41.4 Å². The summed E-state index contributed by atoms with van der Waals surface area (Å²) in [6.45, 7) is 3.82. The number of piperidine rings is 1. The number of nitrogens with zero attached hydrogens (tertiary/aromatic N) is 3. The van der Waals surface area contributed by atoms with Crippen molar-refractivity contribution in [2.45, 2.75) is 37.8 Å². The zero-order valence-corrected chi connectivity index (χ0v) is 19.6. The van der Waals surface area contributed by atoms with Crippen LogP contribution in [0.1, 0.15) is 35.1 Å². The summed E-state index contributed by atoms with van der Waals surface area (Å²) in [5.41, 5.74) is 1.52. The van der Waals surface area contributed by atoms with Crippen LogP contribution in [0.3, 0.4) is 0 Å². The Morgan fingerprint density at radius 3 is 2.82 bits per heavy atom. The predicted octanol–water partition coefficient (Wildman–Crippen LogP) is 2.34. The molecule has 0 radical (unpaired) electrons. The molecule has 0 spiro atoms. The molecular weight excluding hydrogens is 447 g/mol. The van der Waals surface area contributed by atoms with Crippen molar-refractivity contribution in [3.05, 3.63) is 59.3 Å². The Hall–Kier alpha value is -2.82. The van der Waals surface area contributed by atoms with Crippen molar-refractivity contribution in [2.75, 3.05) is 13.1 Å². The van der Waals surface area contributed by atoms with Crippen LogP contribution in [0, 0.1) is 18.7 Å². The summed E-state index contributed by atoms with van der Waals surface area (Å²) >= 11 is 0. The Balaban J connectivity index is 1.58. The van der Waals surface area contributed by atoms with Crippen LogP contribution >= 0.6 is 0 Å². The summed E-state index contributed by atoms with van der Waals surface area (Å²) in [6, 6.07) is 7.68. The minimum Gasteiger partial charge on any atom is -0.393 e. The molecule has 176 valence electrons. The summed E-state index contributed by atoms with van der Waals surface area (Å²) in [5, 5.41) is 13.2. The lowest BCUT2D eigenvalue weighted by Gasteiger charge is -2.33. The van der Waals surface area contributed by atoms with Crippen molar-refractivity contribution >= 4 is 26.8 Å². The third-order valence-corrected chi connectivity index (χ3v) is 8.41. The average molecular weight is 475 g/mol. The Bertz CT molecular complexity index is 1320. The molecule has 3 heterocycles. The Kier molecular flexibility index (Phi) is 6.26. The Morgan fingerprint density at radius 2 is 2.09 bits per heavy atom. The molecule has 1 saturated heterocycles. The fourth-order valence-corrected chi connectivity index (χ4v) is 6.05. The highest BCUT2D eigenvalue weighted by Crippen LogP contribution is 2.28. The van der Waals surface area contributed by atoms with Crippen LogP contribution < -0.4 is 5.32 Å². The third-order valence-electron chi connectivity index (χ3n) is 6.43. The summed E-state index contributed by atoms with van der Waals surface area (Å²) in [6.07, 6.45) is 1.45. The minimum atomic E-state index is -3.83. The van der Waals surface area contributed by atoms with Gasteiger partial charge in [-0.25, -0.2) is 12.8 Å². The number of carbonyl (C=O) groups is 1. The molecule has 10 heteroatoms. The molecule has 1 fully saturated rings. The lowest BCUT2D eigenvalue weighted by molar-refractivity contribution is 0.0628. The molecule has 1 aliphatic rings. The quantitative estimate of drug-likeness (QED) is 0.591. The van der Waals surface area contributed by atoms with Gasteiger partial charge in [-0.15, -0.1) is 0 Å². The SMILES string of the molecule is Cc1c(S(=O)(=O)N2CC[C@@H](O)[C@H](C)C2)cc(C(=O)NCc2c(F)ccc3ncccc23)n1C. The molecule has 2 atom stereocenters. The first-order valence-electron chi connectivity index (χ1n) is 10.8. The number of nitrogens with one attached hydrogen (secondary N) is 1. The number of aliphatic hydroxyl groups is 1. The molecule has 8 nitrogen and oxygen atoms in total. The van der Waals surface area contributed by atoms with Crippen molar-refractivity contribution in [3.63, 3.8) is 0 Å². The second kappa shape index (κ2) is 8.85. The molecule has 3 aromatic rings. The van der Waals surface area contributed by atoms with Gasteiger partial charge in [-0.3, -0.25) is 9.78 Å². The zero-order chi connectivity index (χ0) is 23.9. The molecule has 1 aromatic carbocycles. The highest BCUT2D eigenvalue weighted by molar-refractivity contribution is 7.89. The van der Waals surface area contributed by atoms with Gasteiger partial charge >= 0.3 is 0 Å². The van der Waals surface area contributed by atoms with Crippen LogP contribution in [-0.4, -0.2) is 52.5 Å². The van der Waals surface area contributed by atoms with Crippen molar-refractivity contribution < 1.29 is 22.7 Å². The largest absolute Gasteiger partial charge is 0.393 e. The highest BCUT2D eigenvalue weighted by atomic mass is 32.2. The molecule has 2 aromatic heterocycles. The minimum absolute atomic E-state index is 0.0549. The first-order valence-corrected chi connectivity index (χ1v) is 12.2. The number of aliphatic hydroxyl groups excluding tert-OH is 1. The van der Waals surface area contributed by atoms with E-state index >= 15 is 0 Å². The maximum atomic E-state index is 14.5. The van der Waals surface area contributed by atoms with Gasteiger partial charge in [0.05, 0.1) is 11.6 Å². The number of aromatic nitrogens is 2. The second-order valence-electron chi connectivity index (χ2n) is 8.51. The predicted molar refractivity (Wildman–Crippen MR) is 122 cm³/mol. The number of benzene rings is 1. The molecule has 33 heavy (non-hydrogen) atoms. The number of hydrogen-bond donors (Lipinski definition) is 2. The van der Waals surface area contributed by atoms with E-state index in [0.717, 1.165) is 0 Å². The highest BCUT2D eigenvalue weighted by Gasteiger charge is 2.35. The fraction of sp³-hybridized carbons (Fsp3) is 0.391. The lowest BCUT2D eigenvalue weighted by atomic mass is 9.99. The Morgan fingerprint density at radius 1 is 1.33 bits per heavy atom. The van der Waals surface area contributed by atoms with Crippen molar-refractivity contribution in [2.24, 2.45) is 13.0 Å². The van der Waals surface area contributed by atoms with Gasteiger partial charge in [0.2, 0.25) is 10.0 Å². The van der Waals surface area contributed by atoms with E-state index in [1.165, 1.54) is 21.0 Å². The Labute approximate surface area is 192 Å². The molecule has 1 amide bonds. The number of fused-ring (bicyclic) bond motifs is 1. The molecule has 2 N–H and O–H groups in total. The summed E-state index contributed by atoms with van der Waals surface area (Å²) in [7, 11) is -2.21. The average Bonchev–Trinajstić information content (AvgIpc) is 3.10. The molecule has 4 rings (SSSR count). The molecule has 0 aliphatic carbocycles. The third kappa shape index (κ3) is 4.25. The second-order valence-corrected chi connectivity index (χ2v) is 10.4. The van der Waals surface area contributed by atoms with E-state index in [4.69, 9.17) is 0 Å². The summed E-state index contributed by atoms with van der Waals surface area (Å²) < 4.78 is 43.9. The van der Waals surface area contributed by atoms with Crippen molar-refractivity contribution in [3.8, 4) is 0 Å². The number of hydrogen-bond acceptors (Lipinski definition) is 5. The number of carbonyl (C=O) groups excluding carboxylic acids is 1. The monoisotopic (exact) mass is 474 g/mol. The van der Waals surface area contributed by atoms with Gasteiger partial charge in [0.25, 0.3) is 5.91 Å². The van der Waals surface area contributed by atoms with Gasteiger partial charge in [0.1, 0.15) is 16.4 Å². The lowest BCUT2D eigenvalue weighted by Crippen LogP contribution is -2.44. The molecule has 1 aliphatic heterocycles. The fourth-order valence-electron chi connectivity index (χ4n) is 4.23. The van der Waals surface area contributed by atoms with Gasteiger partial charge in [-0.1, -0.05) is 13.0 Å². The van der Waals surface area contributed by atoms with Gasteiger partial charge in [-0.05, 0) is 43.5 Å². The van der Waals surface area contributed by atoms with Crippen LogP contribution in [0.5, 0.6) is 0 Å². The van der Waals surface area contributed by atoms with Gasteiger partial charge < -0.3 is 15.0 Å². The standard InChI is InChI=1S/C23H27FN4O4S/c1-14-13-28(10-8-21(14)29)33(31,32)22-11-20(27(3)15(22)2)23(30)26-12-17-16-5-4-9-25-19(16)7-6-18(17)24/h4-7,9,11,14,21,29H,8,10,12-13H2,1-3H3,(H,26,30)/t14-,21-/m1/s1. The number of halogens is 1. The van der Waals surface area contributed by atoms with E-state index in [-0.39, 0.29) is 36.1 Å². The summed E-state index contributed by atoms with van der Waals surface area (Å²) in [5.74, 6) is -1.14. The topological polar surface area (TPSA) is 105 Å². The zero-order valence-electron chi connectivity index (χ0n) is 18.7. The van der Waals surface area contributed by atoms with Gasteiger partial charge in [0.15, 0.2) is 0 Å². The smallest absolute Gasteiger partial charge is 0.268 e. The normalized spacial score (nSPS) is 19.7. The first kappa shape index (κ1) is 23.3. The van der Waals surface area contributed by atoms with Crippen LogP contribution in [0.2, 0.25) is 0 Å². The van der Waals surface area contributed by atoms with E-state index in [0.29, 0.717) is 28.6 Å². The molecular formula is C23H27FN4O4S. The molecule has 0 saturated carbocycles. The van der Waals surface area contributed by atoms with Gasteiger partial charge in [-0.2, -0.15) is 4.31 Å². The van der Waals surface area contributed by atoms with E-state index in [2.05, 4.69) is 10.3 Å². The van der Waals surface area contributed by atoms with E-state index in [1.807, 2.05) is 6.92 Å². The molecule has 0 unspecified atom stereocenters. The number of sulfonamides is 1. The number of pyridine rings is 1. The van der Waals surface area contributed by atoms with E-state index in [9.17, 15) is 22.7 Å². The molecule has 0 bridgehead atoms. The van der Waals surface area contributed by atoms with E-state index < -0.39 is 27.9 Å².